The zero-order valence-electron chi connectivity index (χ0n) is 11.3. The molecule has 0 spiro atoms. The Morgan fingerprint density at radius 2 is 1.83 bits per heavy atom. The summed E-state index contributed by atoms with van der Waals surface area (Å²) in [6.07, 6.45) is 6.88. The fourth-order valence-electron chi connectivity index (χ4n) is 1.80. The van der Waals surface area contributed by atoms with E-state index >= 15 is 0 Å². The monoisotopic (exact) mass is 294 g/mol. The third-order valence-electron chi connectivity index (χ3n) is 2.91. The second-order valence-corrected chi connectivity index (χ2v) is 6.94. The molecule has 0 saturated heterocycles. The first kappa shape index (κ1) is 17.5. The van der Waals surface area contributed by atoms with Crippen molar-refractivity contribution >= 4 is 21.2 Å². The molecular formula is C11H23ClN2O3Si. The summed E-state index contributed by atoms with van der Waals surface area (Å²) in [5, 5.41) is 0. The molecule has 0 amide bonds. The summed E-state index contributed by atoms with van der Waals surface area (Å²) in [5.74, 6) is 0. The molecule has 0 aromatic rings. The van der Waals surface area contributed by atoms with E-state index in [-0.39, 0.29) is 12.4 Å². The highest BCUT2D eigenvalue weighted by molar-refractivity contribution is 6.60. The molecule has 0 bridgehead atoms. The Labute approximate surface area is 117 Å². The van der Waals surface area contributed by atoms with Crippen molar-refractivity contribution in [3.8, 4) is 0 Å². The molecule has 5 nitrogen and oxygen atoms in total. The van der Waals surface area contributed by atoms with Crippen molar-refractivity contribution in [2.45, 2.75) is 12.5 Å². The third kappa shape index (κ3) is 4.62. The van der Waals surface area contributed by atoms with Crippen molar-refractivity contribution in [3.63, 3.8) is 0 Å². The van der Waals surface area contributed by atoms with Gasteiger partial charge in [0.15, 0.2) is 0 Å². The second kappa shape index (κ2) is 8.55. The van der Waals surface area contributed by atoms with Gasteiger partial charge in [-0.05, 0) is 12.6 Å². The van der Waals surface area contributed by atoms with Gasteiger partial charge in [0.25, 0.3) is 0 Å². The number of hydrogen-bond donors (Lipinski definition) is 0. The molecular weight excluding hydrogens is 272 g/mol. The lowest BCUT2D eigenvalue weighted by Crippen LogP contribution is -2.43. The van der Waals surface area contributed by atoms with Crippen molar-refractivity contribution in [2.24, 2.45) is 0 Å². The second-order valence-electron chi connectivity index (χ2n) is 3.85. The molecule has 0 aromatic heterocycles. The zero-order chi connectivity index (χ0) is 12.7. The quantitative estimate of drug-likeness (QED) is 0.639. The van der Waals surface area contributed by atoms with E-state index in [9.17, 15) is 0 Å². The van der Waals surface area contributed by atoms with E-state index in [1.165, 1.54) is 0 Å². The zero-order valence-corrected chi connectivity index (χ0v) is 13.1. The maximum Gasteiger partial charge on any atom is 0.500 e. The Morgan fingerprint density at radius 3 is 2.28 bits per heavy atom. The van der Waals surface area contributed by atoms with Gasteiger partial charge in [0.05, 0.1) is 6.67 Å². The third-order valence-corrected chi connectivity index (χ3v) is 5.74. The lowest BCUT2D eigenvalue weighted by Gasteiger charge is -2.25. The van der Waals surface area contributed by atoms with Crippen LogP contribution in [-0.4, -0.2) is 53.1 Å². The molecule has 0 fully saturated rings. The SMILES string of the molecule is C=CN1C=CN(CCC[Si](OC)(OC)OC)C1.Cl. The molecule has 0 aliphatic carbocycles. The Bertz CT molecular complexity index is 267. The fourth-order valence-corrected chi connectivity index (χ4v) is 3.51. The Balaban J connectivity index is 0.00000289. The molecule has 0 aromatic carbocycles. The van der Waals surface area contributed by atoms with Crippen molar-refractivity contribution in [1.29, 1.82) is 0 Å². The van der Waals surface area contributed by atoms with E-state index in [0.29, 0.717) is 0 Å². The van der Waals surface area contributed by atoms with Crippen LogP contribution in [0.4, 0.5) is 0 Å². The molecule has 7 heteroatoms. The molecule has 0 N–H and O–H groups in total. The standard InChI is InChI=1S/C11H22N2O3Si.ClH/c1-5-12-8-9-13(11-12)7-6-10-17(14-2,15-3)16-4;/h5,8-9H,1,6-7,10-11H2,2-4H3;1H. The van der Waals surface area contributed by atoms with Gasteiger partial charge in [-0.15, -0.1) is 12.4 Å². The Morgan fingerprint density at radius 1 is 1.22 bits per heavy atom. The number of halogens is 1. The Kier molecular flexibility index (Phi) is 8.30. The first-order valence-corrected chi connectivity index (χ1v) is 7.59. The smallest absolute Gasteiger partial charge is 0.377 e. The van der Waals surface area contributed by atoms with Gasteiger partial charge in [-0.3, -0.25) is 0 Å². The molecule has 1 rings (SSSR count). The van der Waals surface area contributed by atoms with Crippen molar-refractivity contribution in [1.82, 2.24) is 9.80 Å². The molecule has 0 saturated carbocycles. The first-order chi connectivity index (χ1) is 8.19. The summed E-state index contributed by atoms with van der Waals surface area (Å²) in [4.78, 5) is 4.26. The van der Waals surface area contributed by atoms with Crippen LogP contribution >= 0.6 is 12.4 Å². The minimum atomic E-state index is -2.40. The van der Waals surface area contributed by atoms with Crippen LogP contribution in [0.2, 0.25) is 6.04 Å². The van der Waals surface area contributed by atoms with Gasteiger partial charge in [0.2, 0.25) is 0 Å². The lowest BCUT2D eigenvalue weighted by atomic mass is 10.4. The number of hydrogen-bond acceptors (Lipinski definition) is 5. The van der Waals surface area contributed by atoms with Crippen LogP contribution in [0.5, 0.6) is 0 Å². The van der Waals surface area contributed by atoms with E-state index in [0.717, 1.165) is 25.7 Å². The molecule has 106 valence electrons. The van der Waals surface area contributed by atoms with Crippen LogP contribution in [0.1, 0.15) is 6.42 Å². The maximum absolute atomic E-state index is 5.37. The summed E-state index contributed by atoms with van der Waals surface area (Å²) in [5.41, 5.74) is 0. The topological polar surface area (TPSA) is 34.2 Å². The molecule has 18 heavy (non-hydrogen) atoms. The van der Waals surface area contributed by atoms with Crippen molar-refractivity contribution in [3.05, 3.63) is 25.2 Å². The van der Waals surface area contributed by atoms with Crippen molar-refractivity contribution < 1.29 is 13.3 Å². The normalized spacial score (nSPS) is 14.8. The summed E-state index contributed by atoms with van der Waals surface area (Å²) < 4.78 is 16.1. The number of rotatable bonds is 8. The van der Waals surface area contributed by atoms with E-state index in [1.54, 1.807) is 21.3 Å². The van der Waals surface area contributed by atoms with Crippen LogP contribution in [0.15, 0.2) is 25.2 Å². The van der Waals surface area contributed by atoms with Crippen LogP contribution in [0.25, 0.3) is 0 Å². The average molecular weight is 295 g/mol. The van der Waals surface area contributed by atoms with Crippen LogP contribution in [-0.2, 0) is 13.3 Å². The van der Waals surface area contributed by atoms with Gasteiger partial charge in [0, 0.05) is 46.3 Å². The van der Waals surface area contributed by atoms with E-state index in [1.807, 2.05) is 17.3 Å². The van der Waals surface area contributed by atoms with Crippen LogP contribution in [0, 0.1) is 0 Å². The highest BCUT2D eigenvalue weighted by atomic mass is 35.5. The van der Waals surface area contributed by atoms with Gasteiger partial charge in [-0.25, -0.2) is 0 Å². The predicted octanol–water partition coefficient (Wildman–Crippen LogP) is 1.87. The summed E-state index contributed by atoms with van der Waals surface area (Å²) in [7, 11) is 2.54. The molecule has 0 atom stereocenters. The van der Waals surface area contributed by atoms with Gasteiger partial charge in [-0.1, -0.05) is 6.58 Å². The molecule has 1 heterocycles. The first-order valence-electron chi connectivity index (χ1n) is 5.66. The minimum absolute atomic E-state index is 0. The van der Waals surface area contributed by atoms with Crippen molar-refractivity contribution in [2.75, 3.05) is 34.5 Å². The molecule has 1 aliphatic rings. The van der Waals surface area contributed by atoms with Gasteiger partial charge in [-0.2, -0.15) is 0 Å². The summed E-state index contributed by atoms with van der Waals surface area (Å²) >= 11 is 0. The van der Waals surface area contributed by atoms with Gasteiger partial charge < -0.3 is 23.1 Å². The summed E-state index contributed by atoms with van der Waals surface area (Å²) in [6, 6.07) is 0.828. The van der Waals surface area contributed by atoms with E-state index < -0.39 is 8.80 Å². The Hall–Kier alpha value is -0.533. The molecule has 0 radical (unpaired) electrons. The fraction of sp³-hybridized carbons (Fsp3) is 0.636. The van der Waals surface area contributed by atoms with Gasteiger partial charge in [0.1, 0.15) is 0 Å². The van der Waals surface area contributed by atoms with Gasteiger partial charge >= 0.3 is 8.80 Å². The predicted molar refractivity (Wildman–Crippen MR) is 76.2 cm³/mol. The minimum Gasteiger partial charge on any atom is -0.377 e. The van der Waals surface area contributed by atoms with Crippen LogP contribution < -0.4 is 0 Å². The van der Waals surface area contributed by atoms with Crippen LogP contribution in [0.3, 0.4) is 0 Å². The highest BCUT2D eigenvalue weighted by Crippen LogP contribution is 2.16. The molecule has 0 unspecified atom stereocenters. The maximum atomic E-state index is 5.37. The van der Waals surface area contributed by atoms with E-state index in [2.05, 4.69) is 17.7 Å². The summed E-state index contributed by atoms with van der Waals surface area (Å²) in [6.45, 7) is 5.56. The number of nitrogens with zero attached hydrogens (tertiary/aromatic N) is 2. The lowest BCUT2D eigenvalue weighted by molar-refractivity contribution is 0.122. The van der Waals surface area contributed by atoms with E-state index in [4.69, 9.17) is 13.3 Å². The molecule has 1 aliphatic heterocycles. The highest BCUT2D eigenvalue weighted by Gasteiger charge is 2.37. The largest absolute Gasteiger partial charge is 0.500 e. The average Bonchev–Trinajstić information content (AvgIpc) is 2.83.